The third-order valence-electron chi connectivity index (χ3n) is 3.01. The number of carbonyl (C=O) groups is 1. The molecule has 2 rings (SSSR count). The van der Waals surface area contributed by atoms with Gasteiger partial charge in [-0.1, -0.05) is 19.1 Å². The molecule has 0 aromatic heterocycles. The molecule has 0 aliphatic rings. The number of benzene rings is 2. The zero-order valence-electron chi connectivity index (χ0n) is 12.3. The number of nitrogens with one attached hydrogen (secondary N) is 1. The highest BCUT2D eigenvalue weighted by Gasteiger charge is 2.09. The van der Waals surface area contributed by atoms with Gasteiger partial charge in [-0.15, -0.1) is 0 Å². The van der Waals surface area contributed by atoms with Gasteiger partial charge in [0.2, 0.25) is 0 Å². The quantitative estimate of drug-likeness (QED) is 0.824. The lowest BCUT2D eigenvalue weighted by atomic mass is 10.1. The van der Waals surface area contributed by atoms with E-state index in [1.165, 1.54) is 0 Å². The SMILES string of the molecule is CCCOc1ccc(C(=O)Nc2cccc(C)c2)cc1N. The molecule has 3 N–H and O–H groups in total. The number of hydrogen-bond donors (Lipinski definition) is 2. The van der Waals surface area contributed by atoms with Gasteiger partial charge in [0.25, 0.3) is 5.91 Å². The molecule has 21 heavy (non-hydrogen) atoms. The van der Waals surface area contributed by atoms with Crippen LogP contribution in [0.2, 0.25) is 0 Å². The lowest BCUT2D eigenvalue weighted by Gasteiger charge is -2.10. The van der Waals surface area contributed by atoms with E-state index in [9.17, 15) is 4.79 Å². The molecule has 0 heterocycles. The Morgan fingerprint density at radius 2 is 2.05 bits per heavy atom. The van der Waals surface area contributed by atoms with Crippen molar-refractivity contribution in [2.75, 3.05) is 17.7 Å². The lowest BCUT2D eigenvalue weighted by Crippen LogP contribution is -2.12. The molecule has 0 radical (unpaired) electrons. The van der Waals surface area contributed by atoms with Crippen LogP contribution >= 0.6 is 0 Å². The van der Waals surface area contributed by atoms with E-state index in [1.54, 1.807) is 18.2 Å². The van der Waals surface area contributed by atoms with Crippen molar-refractivity contribution in [3.63, 3.8) is 0 Å². The van der Waals surface area contributed by atoms with Gasteiger partial charge in [0, 0.05) is 11.3 Å². The zero-order valence-corrected chi connectivity index (χ0v) is 12.3. The van der Waals surface area contributed by atoms with Gasteiger partial charge in [-0.3, -0.25) is 4.79 Å². The molecule has 0 unspecified atom stereocenters. The number of nitrogens with two attached hydrogens (primary N) is 1. The molecule has 0 saturated carbocycles. The summed E-state index contributed by atoms with van der Waals surface area (Å²) in [6.45, 7) is 4.62. The Labute approximate surface area is 124 Å². The van der Waals surface area contributed by atoms with Crippen LogP contribution in [0.3, 0.4) is 0 Å². The molecule has 0 saturated heterocycles. The van der Waals surface area contributed by atoms with Gasteiger partial charge >= 0.3 is 0 Å². The van der Waals surface area contributed by atoms with Gasteiger partial charge in [0.05, 0.1) is 12.3 Å². The molecule has 0 atom stereocenters. The first-order chi connectivity index (χ1) is 10.1. The largest absolute Gasteiger partial charge is 0.491 e. The third kappa shape index (κ3) is 3.99. The van der Waals surface area contributed by atoms with Crippen LogP contribution in [0.4, 0.5) is 11.4 Å². The van der Waals surface area contributed by atoms with Crippen molar-refractivity contribution in [3.05, 3.63) is 53.6 Å². The normalized spacial score (nSPS) is 10.2. The number of hydrogen-bond acceptors (Lipinski definition) is 3. The Morgan fingerprint density at radius 3 is 2.71 bits per heavy atom. The molecule has 0 bridgehead atoms. The predicted octanol–water partition coefficient (Wildman–Crippen LogP) is 3.62. The number of nitrogen functional groups attached to an aromatic ring is 1. The number of amides is 1. The topological polar surface area (TPSA) is 64.3 Å². The van der Waals surface area contributed by atoms with Crippen LogP contribution in [-0.4, -0.2) is 12.5 Å². The summed E-state index contributed by atoms with van der Waals surface area (Å²) in [5.74, 6) is 0.429. The van der Waals surface area contributed by atoms with Gasteiger partial charge < -0.3 is 15.8 Å². The monoisotopic (exact) mass is 284 g/mol. The molecule has 4 nitrogen and oxygen atoms in total. The lowest BCUT2D eigenvalue weighted by molar-refractivity contribution is 0.102. The molecule has 0 fully saturated rings. The highest BCUT2D eigenvalue weighted by atomic mass is 16.5. The van der Waals surface area contributed by atoms with E-state index < -0.39 is 0 Å². The van der Waals surface area contributed by atoms with Crippen LogP contribution in [0.5, 0.6) is 5.75 Å². The second kappa shape index (κ2) is 6.79. The van der Waals surface area contributed by atoms with Crippen LogP contribution in [0.25, 0.3) is 0 Å². The van der Waals surface area contributed by atoms with Crippen molar-refractivity contribution in [1.82, 2.24) is 0 Å². The van der Waals surface area contributed by atoms with E-state index in [0.29, 0.717) is 23.6 Å². The Kier molecular flexibility index (Phi) is 4.82. The summed E-state index contributed by atoms with van der Waals surface area (Å²) in [4.78, 5) is 12.2. The molecule has 0 aliphatic carbocycles. The number of anilines is 2. The van der Waals surface area contributed by atoms with Gasteiger partial charge in [0.15, 0.2) is 0 Å². The van der Waals surface area contributed by atoms with Gasteiger partial charge in [0.1, 0.15) is 5.75 Å². The van der Waals surface area contributed by atoms with Crippen molar-refractivity contribution in [3.8, 4) is 5.75 Å². The van der Waals surface area contributed by atoms with E-state index in [4.69, 9.17) is 10.5 Å². The summed E-state index contributed by atoms with van der Waals surface area (Å²) in [6, 6.07) is 12.7. The average Bonchev–Trinajstić information content (AvgIpc) is 2.46. The highest BCUT2D eigenvalue weighted by molar-refractivity contribution is 6.05. The van der Waals surface area contributed by atoms with E-state index >= 15 is 0 Å². The maximum atomic E-state index is 12.2. The summed E-state index contributed by atoms with van der Waals surface area (Å²) in [7, 11) is 0. The Bertz CT molecular complexity index is 638. The zero-order chi connectivity index (χ0) is 15.2. The molecular weight excluding hydrogens is 264 g/mol. The van der Waals surface area contributed by atoms with Gasteiger partial charge in [-0.05, 0) is 49.2 Å². The van der Waals surface area contributed by atoms with Crippen molar-refractivity contribution >= 4 is 17.3 Å². The van der Waals surface area contributed by atoms with Crippen LogP contribution in [0.15, 0.2) is 42.5 Å². The molecule has 0 spiro atoms. The van der Waals surface area contributed by atoms with Crippen molar-refractivity contribution in [2.24, 2.45) is 0 Å². The predicted molar refractivity (Wildman–Crippen MR) is 85.8 cm³/mol. The fourth-order valence-electron chi connectivity index (χ4n) is 1.96. The minimum Gasteiger partial charge on any atom is -0.491 e. The first kappa shape index (κ1) is 14.9. The second-order valence-electron chi connectivity index (χ2n) is 4.92. The molecule has 0 aliphatic heterocycles. The number of aryl methyl sites for hydroxylation is 1. The fraction of sp³-hybridized carbons (Fsp3) is 0.235. The van der Waals surface area contributed by atoms with Crippen molar-refractivity contribution in [2.45, 2.75) is 20.3 Å². The van der Waals surface area contributed by atoms with Gasteiger partial charge in [-0.25, -0.2) is 0 Å². The Balaban J connectivity index is 2.11. The summed E-state index contributed by atoms with van der Waals surface area (Å²) in [5.41, 5.74) is 8.76. The summed E-state index contributed by atoms with van der Waals surface area (Å²) < 4.78 is 5.50. The summed E-state index contributed by atoms with van der Waals surface area (Å²) in [5, 5.41) is 2.85. The minimum absolute atomic E-state index is 0.186. The number of ether oxygens (including phenoxy) is 1. The van der Waals surface area contributed by atoms with E-state index in [1.807, 2.05) is 38.1 Å². The minimum atomic E-state index is -0.186. The Morgan fingerprint density at radius 1 is 1.24 bits per heavy atom. The number of carbonyl (C=O) groups excluding carboxylic acids is 1. The molecule has 4 heteroatoms. The highest BCUT2D eigenvalue weighted by Crippen LogP contribution is 2.23. The first-order valence-corrected chi connectivity index (χ1v) is 7.00. The molecular formula is C17H20N2O2. The van der Waals surface area contributed by atoms with Crippen molar-refractivity contribution in [1.29, 1.82) is 0 Å². The maximum Gasteiger partial charge on any atom is 0.255 e. The summed E-state index contributed by atoms with van der Waals surface area (Å²) in [6.07, 6.45) is 0.912. The smallest absolute Gasteiger partial charge is 0.255 e. The summed E-state index contributed by atoms with van der Waals surface area (Å²) >= 11 is 0. The average molecular weight is 284 g/mol. The van der Waals surface area contributed by atoms with E-state index in [0.717, 1.165) is 17.7 Å². The van der Waals surface area contributed by atoms with Crippen LogP contribution in [0, 0.1) is 6.92 Å². The fourth-order valence-corrected chi connectivity index (χ4v) is 1.96. The second-order valence-corrected chi connectivity index (χ2v) is 4.92. The molecule has 2 aromatic carbocycles. The third-order valence-corrected chi connectivity index (χ3v) is 3.01. The van der Waals surface area contributed by atoms with Crippen molar-refractivity contribution < 1.29 is 9.53 Å². The van der Waals surface area contributed by atoms with E-state index in [-0.39, 0.29) is 5.91 Å². The van der Waals surface area contributed by atoms with Crippen LogP contribution in [-0.2, 0) is 0 Å². The molecule has 1 amide bonds. The maximum absolute atomic E-state index is 12.2. The molecule has 2 aromatic rings. The van der Waals surface area contributed by atoms with Crippen LogP contribution in [0.1, 0.15) is 29.3 Å². The Hall–Kier alpha value is -2.49. The van der Waals surface area contributed by atoms with Crippen LogP contribution < -0.4 is 15.8 Å². The molecule has 110 valence electrons. The first-order valence-electron chi connectivity index (χ1n) is 7.00. The van der Waals surface area contributed by atoms with E-state index in [2.05, 4.69) is 5.32 Å². The standard InChI is InChI=1S/C17H20N2O2/c1-3-9-21-16-8-7-13(11-15(16)18)17(20)19-14-6-4-5-12(2)10-14/h4-8,10-11H,3,9,18H2,1-2H3,(H,19,20). The number of rotatable bonds is 5. The van der Waals surface area contributed by atoms with Gasteiger partial charge in [-0.2, -0.15) is 0 Å².